The zero-order valence-electron chi connectivity index (χ0n) is 33.2. The third-order valence-electron chi connectivity index (χ3n) is 8.84. The van der Waals surface area contributed by atoms with E-state index in [2.05, 4.69) is 30.3 Å². The van der Waals surface area contributed by atoms with E-state index in [9.17, 15) is 4.11 Å². The van der Waals surface area contributed by atoms with Crippen LogP contribution < -0.4 is 0 Å². The number of fused-ring (bicyclic) bond motifs is 12. The fourth-order valence-corrected chi connectivity index (χ4v) is 8.04. The first kappa shape index (κ1) is 18.2. The number of rotatable bonds is 2. The van der Waals surface area contributed by atoms with Gasteiger partial charge in [-0.25, -0.2) is 9.97 Å². The minimum absolute atomic E-state index is 0.00120. The Morgan fingerprint density at radius 2 is 1.36 bits per heavy atom. The van der Waals surface area contributed by atoms with E-state index in [0.717, 1.165) is 31.9 Å². The van der Waals surface area contributed by atoms with Crippen LogP contribution in [-0.4, -0.2) is 14.5 Å². The molecule has 0 spiro atoms. The van der Waals surface area contributed by atoms with Gasteiger partial charge in [0.05, 0.1) is 34.6 Å². The molecule has 0 radical (unpaired) electrons. The fraction of sp³-hybridized carbons (Fsp3) is 0. The van der Waals surface area contributed by atoms with Gasteiger partial charge in [0.25, 0.3) is 0 Å². The molecule has 11 rings (SSSR count). The van der Waals surface area contributed by atoms with Crippen molar-refractivity contribution in [3.05, 3.63) is 139 Å². The first-order chi connectivity index (χ1) is 27.1. The van der Waals surface area contributed by atoms with Gasteiger partial charge in [-0.3, -0.25) is 4.57 Å². The molecule has 7 aromatic carbocycles. The van der Waals surface area contributed by atoms with Crippen LogP contribution in [0.3, 0.4) is 0 Å². The Kier molecular flexibility index (Phi) is 3.58. The molecule has 0 unspecified atom stereocenters. The van der Waals surface area contributed by atoms with Crippen molar-refractivity contribution in [1.29, 1.82) is 0 Å². The molecule has 4 nitrogen and oxygen atoms in total. The molecular weight excluding hydrogens is 595 g/mol. The van der Waals surface area contributed by atoms with Crippen LogP contribution in [0.4, 0.5) is 0 Å². The van der Waals surface area contributed by atoms with Gasteiger partial charge in [0, 0.05) is 52.7 Å². The number of nitrogens with zero attached hydrogens (tertiary/aromatic N) is 3. The van der Waals surface area contributed by atoms with Crippen LogP contribution in [0, 0.1) is 0 Å². The lowest BCUT2D eigenvalue weighted by molar-refractivity contribution is 0.669. The van der Waals surface area contributed by atoms with Crippen LogP contribution in [-0.2, 0) is 0 Å². The molecule has 4 aromatic heterocycles. The summed E-state index contributed by atoms with van der Waals surface area (Å²) in [7, 11) is 0. The third kappa shape index (κ3) is 3.52. The molecule has 5 heteroatoms. The van der Waals surface area contributed by atoms with Crippen molar-refractivity contribution >= 4 is 96.9 Å². The maximum Gasteiger partial charge on any atom is 0.235 e. The standard InChI is InChI=1S/C42H23N3OS/c1-2-10-25-23-37-32(21-24(25)9-1)31-22-26(17-20-36(31)46-37)40-29-12-3-6-14-33(29)43-42(44-40)45-34-15-7-4-13-30(34)39-35(45)19-18-28-27-11-5-8-16-38(27)47-41(28)39/h1-23H/i1D,2D,9D,10D,17D,20D,21D,22D,23D. The summed E-state index contributed by atoms with van der Waals surface area (Å²) in [6, 6.07) is 24.0. The van der Waals surface area contributed by atoms with Crippen LogP contribution in [0.2, 0.25) is 0 Å². The molecule has 0 atom stereocenters. The molecule has 4 heterocycles. The maximum atomic E-state index is 9.66. The quantitative estimate of drug-likeness (QED) is 0.192. The van der Waals surface area contributed by atoms with Crippen LogP contribution in [0.1, 0.15) is 12.3 Å². The smallest absolute Gasteiger partial charge is 0.235 e. The molecule has 0 aliphatic heterocycles. The second-order valence-corrected chi connectivity index (χ2v) is 12.5. The Hall–Kier alpha value is -6.04. The molecule has 0 bridgehead atoms. The van der Waals surface area contributed by atoms with Gasteiger partial charge in [-0.15, -0.1) is 11.3 Å². The second-order valence-electron chi connectivity index (χ2n) is 11.4. The SMILES string of the molecule is [2H]c1c(-c2nc(-n3c4ccccc4c4c5sc6ccccc6c5ccc43)nc3ccccc23)c([2H])c2c(oc3c([2H])c4c([2H])c([2H])c([2H])c([2H])c4c([2H])c32)c1[2H]. The summed E-state index contributed by atoms with van der Waals surface area (Å²) in [4.78, 5) is 10.2. The summed E-state index contributed by atoms with van der Waals surface area (Å²) >= 11 is 1.73. The number of para-hydroxylation sites is 2. The molecule has 0 saturated heterocycles. The van der Waals surface area contributed by atoms with Crippen molar-refractivity contribution in [1.82, 2.24) is 14.5 Å². The highest BCUT2D eigenvalue weighted by atomic mass is 32.1. The Morgan fingerprint density at radius 3 is 2.28 bits per heavy atom. The van der Waals surface area contributed by atoms with Crippen molar-refractivity contribution in [3.8, 4) is 17.2 Å². The lowest BCUT2D eigenvalue weighted by Gasteiger charge is -2.12. The van der Waals surface area contributed by atoms with Crippen molar-refractivity contribution in [2.45, 2.75) is 0 Å². The lowest BCUT2D eigenvalue weighted by atomic mass is 10.0. The molecule has 0 N–H and O–H groups in total. The van der Waals surface area contributed by atoms with E-state index >= 15 is 0 Å². The van der Waals surface area contributed by atoms with E-state index in [4.69, 9.17) is 22.6 Å². The highest BCUT2D eigenvalue weighted by Crippen LogP contribution is 2.43. The first-order valence-electron chi connectivity index (χ1n) is 19.5. The molecule has 0 aliphatic rings. The van der Waals surface area contributed by atoms with Gasteiger partial charge in [0.2, 0.25) is 5.95 Å². The first-order valence-corrected chi connectivity index (χ1v) is 15.8. The lowest BCUT2D eigenvalue weighted by Crippen LogP contribution is -2.03. The van der Waals surface area contributed by atoms with Crippen LogP contribution in [0.15, 0.2) is 144 Å². The van der Waals surface area contributed by atoms with E-state index in [0.29, 0.717) is 16.9 Å². The van der Waals surface area contributed by atoms with Crippen LogP contribution >= 0.6 is 11.3 Å². The third-order valence-corrected chi connectivity index (χ3v) is 10.0. The molecule has 0 amide bonds. The highest BCUT2D eigenvalue weighted by molar-refractivity contribution is 7.26. The summed E-state index contributed by atoms with van der Waals surface area (Å²) in [6.07, 6.45) is 0. The van der Waals surface area contributed by atoms with E-state index in [-0.39, 0.29) is 62.1 Å². The molecule has 218 valence electrons. The van der Waals surface area contributed by atoms with Crippen molar-refractivity contribution in [2.24, 2.45) is 0 Å². The largest absolute Gasteiger partial charge is 0.456 e. The zero-order chi connectivity index (χ0) is 38.5. The van der Waals surface area contributed by atoms with Crippen molar-refractivity contribution < 1.29 is 16.8 Å². The molecular formula is C42H23N3OS. The number of benzene rings is 7. The van der Waals surface area contributed by atoms with Gasteiger partial charge >= 0.3 is 0 Å². The Morgan fingerprint density at radius 1 is 0.596 bits per heavy atom. The number of furan rings is 1. The van der Waals surface area contributed by atoms with Gasteiger partial charge < -0.3 is 4.42 Å². The number of hydrogen-bond acceptors (Lipinski definition) is 4. The minimum Gasteiger partial charge on any atom is -0.456 e. The summed E-state index contributed by atoms with van der Waals surface area (Å²) in [6.45, 7) is 0. The fourth-order valence-electron chi connectivity index (χ4n) is 6.78. The van der Waals surface area contributed by atoms with E-state index in [1.165, 1.54) is 10.1 Å². The summed E-state index contributed by atoms with van der Waals surface area (Å²) in [5.74, 6) is 0.296. The summed E-state index contributed by atoms with van der Waals surface area (Å²) in [5.41, 5.74) is 2.10. The zero-order valence-corrected chi connectivity index (χ0v) is 25.1. The van der Waals surface area contributed by atoms with E-state index < -0.39 is 36.3 Å². The predicted octanol–water partition coefficient (Wildman–Crippen LogP) is 11.8. The van der Waals surface area contributed by atoms with Crippen LogP contribution in [0.5, 0.6) is 0 Å². The molecule has 0 fully saturated rings. The average molecular weight is 627 g/mol. The molecule has 0 aliphatic carbocycles. The highest BCUT2D eigenvalue weighted by Gasteiger charge is 2.20. The number of thiophene rings is 1. The predicted molar refractivity (Wildman–Crippen MR) is 197 cm³/mol. The second kappa shape index (κ2) is 9.25. The van der Waals surface area contributed by atoms with E-state index in [1.807, 2.05) is 53.1 Å². The monoisotopic (exact) mass is 626 g/mol. The average Bonchev–Trinajstić information content (AvgIpc) is 3.90. The summed E-state index contributed by atoms with van der Waals surface area (Å²) in [5, 5.41) is 4.48. The van der Waals surface area contributed by atoms with Gasteiger partial charge in [-0.1, -0.05) is 84.8 Å². The summed E-state index contributed by atoms with van der Waals surface area (Å²) < 4.78 is 90.2. The molecule has 11 aromatic rings. The maximum absolute atomic E-state index is 9.66. The number of hydrogen-bond donors (Lipinski definition) is 0. The number of aromatic nitrogens is 3. The topological polar surface area (TPSA) is 43.9 Å². The molecule has 0 saturated carbocycles. The van der Waals surface area contributed by atoms with E-state index in [1.54, 1.807) is 17.4 Å². The van der Waals surface area contributed by atoms with Gasteiger partial charge in [0.15, 0.2) is 0 Å². The van der Waals surface area contributed by atoms with Gasteiger partial charge in [-0.2, -0.15) is 0 Å². The minimum atomic E-state index is -0.554. The van der Waals surface area contributed by atoms with Crippen molar-refractivity contribution in [2.75, 3.05) is 0 Å². The normalized spacial score (nSPS) is 14.9. The Labute approximate surface area is 284 Å². The van der Waals surface area contributed by atoms with Gasteiger partial charge in [-0.05, 0) is 65.3 Å². The van der Waals surface area contributed by atoms with Crippen LogP contribution in [0.25, 0.3) is 103 Å². The molecule has 47 heavy (non-hydrogen) atoms. The van der Waals surface area contributed by atoms with Gasteiger partial charge in [0.1, 0.15) is 11.2 Å². The van der Waals surface area contributed by atoms with Crippen molar-refractivity contribution in [3.63, 3.8) is 0 Å². The Balaban J connectivity index is 1.26. The Bertz CT molecular complexity index is 3610.